The third-order valence-corrected chi connectivity index (χ3v) is 8.19. The molecule has 0 unspecified atom stereocenters. The van der Waals surface area contributed by atoms with Gasteiger partial charge in [-0.1, -0.05) is 84.4 Å². The fraction of sp³-hybridized carbons (Fsp3) is 0.0526. The summed E-state index contributed by atoms with van der Waals surface area (Å²) in [5.41, 5.74) is 13.9. The Morgan fingerprint density at radius 1 is 0.359 bits per heavy atom. The average Bonchev–Trinajstić information content (AvgIpc) is 3.47. The number of benzene rings is 6. The van der Waals surface area contributed by atoms with Crippen molar-refractivity contribution in [1.29, 1.82) is 0 Å². The van der Waals surface area contributed by atoms with Crippen molar-refractivity contribution in [2.24, 2.45) is 0 Å². The van der Waals surface area contributed by atoms with E-state index in [1.54, 1.807) is 0 Å². The number of rotatable bonds is 3. The molecule has 8 aromatic rings. The fourth-order valence-electron chi connectivity index (χ4n) is 6.38. The first kappa shape index (κ1) is 22.1. The molecule has 0 aliphatic heterocycles. The summed E-state index contributed by atoms with van der Waals surface area (Å²) in [6.45, 7) is 4.39. The number of fused-ring (bicyclic) bond motifs is 6. The standard InChI is InChI=1S/C38H27N/c1-24-14-16-36-32(18-24)34-19-25(2)20-35-33-23-31(15-17-37(33)39(36)38(34)35)30-13-7-12-29(22-30)28-11-6-10-27(21-28)26-8-4-3-5-9-26/h3-23H,1-2H3. The molecule has 0 fully saturated rings. The van der Waals surface area contributed by atoms with Crippen molar-refractivity contribution in [3.8, 4) is 33.4 Å². The van der Waals surface area contributed by atoms with Crippen molar-refractivity contribution in [3.05, 3.63) is 139 Å². The highest BCUT2D eigenvalue weighted by Gasteiger charge is 2.18. The summed E-state index contributed by atoms with van der Waals surface area (Å²) in [5, 5.41) is 5.34. The van der Waals surface area contributed by atoms with Crippen molar-refractivity contribution in [2.75, 3.05) is 0 Å². The maximum absolute atomic E-state index is 2.46. The Hall–Kier alpha value is -4.88. The lowest BCUT2D eigenvalue weighted by Gasteiger charge is -2.09. The molecule has 39 heavy (non-hydrogen) atoms. The van der Waals surface area contributed by atoms with E-state index in [9.17, 15) is 0 Å². The molecule has 0 aliphatic carbocycles. The molecule has 0 radical (unpaired) electrons. The zero-order chi connectivity index (χ0) is 26.1. The molecule has 2 aromatic heterocycles. The molecule has 1 nitrogen and oxygen atoms in total. The van der Waals surface area contributed by atoms with Crippen LogP contribution in [0.5, 0.6) is 0 Å². The minimum atomic E-state index is 1.23. The van der Waals surface area contributed by atoms with Crippen LogP contribution in [-0.2, 0) is 0 Å². The van der Waals surface area contributed by atoms with Gasteiger partial charge in [-0.15, -0.1) is 0 Å². The number of nitrogens with zero attached hydrogens (tertiary/aromatic N) is 1. The van der Waals surface area contributed by atoms with Crippen LogP contribution in [0.2, 0.25) is 0 Å². The van der Waals surface area contributed by atoms with Gasteiger partial charge in [-0.05, 0) is 101 Å². The molecule has 0 amide bonds. The molecule has 0 N–H and O–H groups in total. The van der Waals surface area contributed by atoms with Crippen LogP contribution in [0.1, 0.15) is 11.1 Å². The molecular formula is C38H27N. The number of aryl methyl sites for hydroxylation is 2. The second kappa shape index (κ2) is 8.31. The van der Waals surface area contributed by atoms with Gasteiger partial charge in [0.15, 0.2) is 0 Å². The van der Waals surface area contributed by atoms with Crippen LogP contribution in [0.25, 0.3) is 71.5 Å². The number of hydrogen-bond acceptors (Lipinski definition) is 0. The highest BCUT2D eigenvalue weighted by atomic mass is 14.9. The first-order valence-electron chi connectivity index (χ1n) is 13.6. The quantitative estimate of drug-likeness (QED) is 0.229. The topological polar surface area (TPSA) is 4.41 Å². The highest BCUT2D eigenvalue weighted by molar-refractivity contribution is 6.24. The molecule has 0 saturated heterocycles. The van der Waals surface area contributed by atoms with Gasteiger partial charge in [-0.25, -0.2) is 0 Å². The monoisotopic (exact) mass is 497 g/mol. The number of hydrogen-bond donors (Lipinski definition) is 0. The van der Waals surface area contributed by atoms with Crippen LogP contribution in [0, 0.1) is 13.8 Å². The van der Waals surface area contributed by atoms with E-state index in [0.29, 0.717) is 0 Å². The predicted molar refractivity (Wildman–Crippen MR) is 167 cm³/mol. The van der Waals surface area contributed by atoms with Gasteiger partial charge in [0, 0.05) is 21.5 Å². The second-order valence-electron chi connectivity index (χ2n) is 10.8. The van der Waals surface area contributed by atoms with E-state index in [1.165, 1.54) is 82.6 Å². The highest BCUT2D eigenvalue weighted by Crippen LogP contribution is 2.41. The van der Waals surface area contributed by atoms with Gasteiger partial charge in [-0.3, -0.25) is 0 Å². The molecular weight excluding hydrogens is 470 g/mol. The number of aromatic nitrogens is 1. The Balaban J connectivity index is 1.29. The third-order valence-electron chi connectivity index (χ3n) is 8.19. The molecule has 0 atom stereocenters. The average molecular weight is 498 g/mol. The van der Waals surface area contributed by atoms with Gasteiger partial charge >= 0.3 is 0 Å². The summed E-state index contributed by atoms with van der Waals surface area (Å²) in [6, 6.07) is 46.9. The van der Waals surface area contributed by atoms with Gasteiger partial charge < -0.3 is 4.40 Å². The van der Waals surface area contributed by atoms with E-state index in [0.717, 1.165) is 0 Å². The van der Waals surface area contributed by atoms with Gasteiger partial charge in [-0.2, -0.15) is 0 Å². The Kier molecular flexibility index (Phi) is 4.72. The van der Waals surface area contributed by atoms with E-state index in [4.69, 9.17) is 0 Å². The molecule has 184 valence electrons. The SMILES string of the molecule is Cc1ccc2c(c1)c1cc(C)cc3c4cc(-c5cccc(-c6cccc(-c7ccccc7)c6)c5)ccc4n2c13. The van der Waals surface area contributed by atoms with Crippen molar-refractivity contribution in [3.63, 3.8) is 0 Å². The molecule has 0 aliphatic rings. The molecule has 2 heterocycles. The maximum Gasteiger partial charge on any atom is 0.0620 e. The normalized spacial score (nSPS) is 11.8. The van der Waals surface area contributed by atoms with Crippen LogP contribution in [-0.4, -0.2) is 4.40 Å². The summed E-state index contributed by atoms with van der Waals surface area (Å²) in [4.78, 5) is 0. The predicted octanol–water partition coefficient (Wildman–Crippen LogP) is 10.5. The Morgan fingerprint density at radius 3 is 1.49 bits per heavy atom. The molecule has 1 heteroatoms. The summed E-state index contributed by atoms with van der Waals surface area (Å²) >= 11 is 0. The van der Waals surface area contributed by atoms with Gasteiger partial charge in [0.05, 0.1) is 16.6 Å². The zero-order valence-electron chi connectivity index (χ0n) is 22.1. The lowest BCUT2D eigenvalue weighted by molar-refractivity contribution is 1.36. The van der Waals surface area contributed by atoms with E-state index in [1.807, 2.05) is 0 Å². The smallest absolute Gasteiger partial charge is 0.0620 e. The summed E-state index contributed by atoms with van der Waals surface area (Å²) in [7, 11) is 0. The fourth-order valence-corrected chi connectivity index (χ4v) is 6.38. The van der Waals surface area contributed by atoms with Crippen LogP contribution in [0.15, 0.2) is 127 Å². The first-order chi connectivity index (χ1) is 19.1. The van der Waals surface area contributed by atoms with Gasteiger partial charge in [0.2, 0.25) is 0 Å². The van der Waals surface area contributed by atoms with E-state index < -0.39 is 0 Å². The van der Waals surface area contributed by atoms with E-state index in [2.05, 4.69) is 146 Å². The summed E-state index contributed by atoms with van der Waals surface area (Å²) < 4.78 is 2.46. The Morgan fingerprint density at radius 2 is 0.846 bits per heavy atom. The largest absolute Gasteiger partial charge is 0.308 e. The van der Waals surface area contributed by atoms with Crippen LogP contribution >= 0.6 is 0 Å². The maximum atomic E-state index is 2.46. The van der Waals surface area contributed by atoms with E-state index in [-0.39, 0.29) is 0 Å². The zero-order valence-corrected chi connectivity index (χ0v) is 22.1. The Bertz CT molecular complexity index is 2180. The van der Waals surface area contributed by atoms with E-state index >= 15 is 0 Å². The first-order valence-corrected chi connectivity index (χ1v) is 13.6. The Labute approximate surface area is 227 Å². The lowest BCUT2D eigenvalue weighted by Crippen LogP contribution is -1.84. The molecule has 0 spiro atoms. The van der Waals surface area contributed by atoms with Crippen molar-refractivity contribution >= 4 is 38.1 Å². The molecule has 0 saturated carbocycles. The van der Waals surface area contributed by atoms with Crippen molar-refractivity contribution < 1.29 is 0 Å². The summed E-state index contributed by atoms with van der Waals surface area (Å²) in [5.74, 6) is 0. The lowest BCUT2D eigenvalue weighted by atomic mass is 9.95. The van der Waals surface area contributed by atoms with Crippen LogP contribution < -0.4 is 0 Å². The van der Waals surface area contributed by atoms with Crippen molar-refractivity contribution in [1.82, 2.24) is 4.40 Å². The minimum absolute atomic E-state index is 1.23. The molecule has 0 bridgehead atoms. The summed E-state index contributed by atoms with van der Waals surface area (Å²) in [6.07, 6.45) is 0. The van der Waals surface area contributed by atoms with Gasteiger partial charge in [0.25, 0.3) is 0 Å². The minimum Gasteiger partial charge on any atom is -0.308 e. The molecule has 8 rings (SSSR count). The van der Waals surface area contributed by atoms with Crippen LogP contribution in [0.3, 0.4) is 0 Å². The second-order valence-corrected chi connectivity index (χ2v) is 10.8. The van der Waals surface area contributed by atoms with Crippen molar-refractivity contribution in [2.45, 2.75) is 13.8 Å². The van der Waals surface area contributed by atoms with Crippen LogP contribution in [0.4, 0.5) is 0 Å². The van der Waals surface area contributed by atoms with Gasteiger partial charge in [0.1, 0.15) is 0 Å². The molecule has 6 aromatic carbocycles. The third kappa shape index (κ3) is 3.40.